The molecule has 0 saturated heterocycles. The van der Waals surface area contributed by atoms with Gasteiger partial charge in [-0.15, -0.1) is 0 Å². The minimum atomic E-state index is 0.842. The zero-order chi connectivity index (χ0) is 11.1. The lowest BCUT2D eigenvalue weighted by Crippen LogP contribution is -2.25. The van der Waals surface area contributed by atoms with Crippen LogP contribution in [0.5, 0.6) is 5.75 Å². The molecule has 0 atom stereocenters. The fraction of sp³-hybridized carbons (Fsp3) is 0.545. The van der Waals surface area contributed by atoms with E-state index in [0.717, 1.165) is 36.4 Å². The molecule has 1 aromatic heterocycles. The third kappa shape index (κ3) is 3.38. The highest BCUT2D eigenvalue weighted by Crippen LogP contribution is 2.24. The second kappa shape index (κ2) is 6.67. The van der Waals surface area contributed by atoms with Crippen LogP contribution in [0, 0.1) is 0 Å². The third-order valence-electron chi connectivity index (χ3n) is 2.21. The lowest BCUT2D eigenvalue weighted by Gasteiger charge is -2.23. The lowest BCUT2D eigenvalue weighted by atomic mass is 10.3. The molecular weight excluding hydrogens is 256 g/mol. The van der Waals surface area contributed by atoms with Crippen molar-refractivity contribution < 1.29 is 4.74 Å². The lowest BCUT2D eigenvalue weighted by molar-refractivity contribution is 0.412. The summed E-state index contributed by atoms with van der Waals surface area (Å²) < 4.78 is 5.29. The summed E-state index contributed by atoms with van der Waals surface area (Å²) in [5.74, 6) is 1.78. The fourth-order valence-electron chi connectivity index (χ4n) is 1.44. The Balaban J connectivity index is 2.80. The summed E-state index contributed by atoms with van der Waals surface area (Å²) in [7, 11) is 1.68. The van der Waals surface area contributed by atoms with Gasteiger partial charge in [0, 0.05) is 24.6 Å². The average molecular weight is 273 g/mol. The van der Waals surface area contributed by atoms with Gasteiger partial charge in [0.15, 0.2) is 11.6 Å². The first-order valence-electron chi connectivity index (χ1n) is 5.13. The van der Waals surface area contributed by atoms with E-state index >= 15 is 0 Å². The summed E-state index contributed by atoms with van der Waals surface area (Å²) in [6.07, 6.45) is 2.90. The molecule has 0 aliphatic rings. The Bertz CT molecular complexity index is 294. The van der Waals surface area contributed by atoms with E-state index in [1.165, 1.54) is 0 Å². The van der Waals surface area contributed by atoms with Crippen molar-refractivity contribution in [2.45, 2.75) is 13.3 Å². The second-order valence-corrected chi connectivity index (χ2v) is 3.94. The second-order valence-electron chi connectivity index (χ2n) is 3.15. The number of hydrogen-bond acceptors (Lipinski definition) is 3. The summed E-state index contributed by atoms with van der Waals surface area (Å²) in [5, 5.41) is 1.01. The van der Waals surface area contributed by atoms with E-state index in [9.17, 15) is 0 Å². The maximum absolute atomic E-state index is 5.29. The number of ether oxygens (including phenoxy) is 1. The largest absolute Gasteiger partial charge is 0.493 e. The van der Waals surface area contributed by atoms with Crippen LogP contribution in [-0.4, -0.2) is 30.5 Å². The Morgan fingerprint density at radius 1 is 1.53 bits per heavy atom. The number of halogens is 1. The van der Waals surface area contributed by atoms with Crippen molar-refractivity contribution >= 4 is 21.7 Å². The number of rotatable bonds is 6. The minimum absolute atomic E-state index is 0.842. The van der Waals surface area contributed by atoms with E-state index in [0.29, 0.717) is 0 Å². The van der Waals surface area contributed by atoms with Crippen LogP contribution >= 0.6 is 15.9 Å². The van der Waals surface area contributed by atoms with Gasteiger partial charge in [-0.05, 0) is 25.5 Å². The molecule has 0 fully saturated rings. The van der Waals surface area contributed by atoms with Crippen molar-refractivity contribution in [3.63, 3.8) is 0 Å². The molecule has 0 unspecified atom stereocenters. The summed E-state index contributed by atoms with van der Waals surface area (Å²) in [4.78, 5) is 6.58. The Kier molecular flexibility index (Phi) is 5.47. The van der Waals surface area contributed by atoms with Crippen LogP contribution < -0.4 is 9.64 Å². The molecule has 0 bridgehead atoms. The molecule has 0 aromatic carbocycles. The molecule has 0 amide bonds. The number of alkyl halides is 1. The van der Waals surface area contributed by atoms with E-state index in [-0.39, 0.29) is 0 Å². The summed E-state index contributed by atoms with van der Waals surface area (Å²) in [5.41, 5.74) is 0. The van der Waals surface area contributed by atoms with Gasteiger partial charge >= 0.3 is 0 Å². The molecule has 0 saturated carbocycles. The molecule has 4 heteroatoms. The van der Waals surface area contributed by atoms with Crippen molar-refractivity contribution in [2.75, 3.05) is 30.4 Å². The van der Waals surface area contributed by atoms with Crippen molar-refractivity contribution in [3.05, 3.63) is 18.3 Å². The Morgan fingerprint density at radius 3 is 2.93 bits per heavy atom. The number of nitrogens with zero attached hydrogens (tertiary/aromatic N) is 2. The Hall–Kier alpha value is -0.770. The van der Waals surface area contributed by atoms with Crippen molar-refractivity contribution in [1.29, 1.82) is 0 Å². The maximum Gasteiger partial charge on any atom is 0.171 e. The number of pyridine rings is 1. The third-order valence-corrected chi connectivity index (χ3v) is 2.77. The molecule has 1 heterocycles. The molecule has 0 aliphatic heterocycles. The molecule has 84 valence electrons. The predicted octanol–water partition coefficient (Wildman–Crippen LogP) is 2.70. The quantitative estimate of drug-likeness (QED) is 0.745. The fourth-order valence-corrected chi connectivity index (χ4v) is 1.69. The molecule has 0 radical (unpaired) electrons. The van der Waals surface area contributed by atoms with Gasteiger partial charge in [-0.25, -0.2) is 4.98 Å². The molecule has 15 heavy (non-hydrogen) atoms. The number of hydrogen-bond donors (Lipinski definition) is 0. The van der Waals surface area contributed by atoms with Gasteiger partial charge in [-0.2, -0.15) is 0 Å². The van der Waals surface area contributed by atoms with Crippen LogP contribution in [0.15, 0.2) is 18.3 Å². The van der Waals surface area contributed by atoms with Gasteiger partial charge in [-0.1, -0.05) is 15.9 Å². The molecule has 3 nitrogen and oxygen atoms in total. The standard InChI is InChI=1S/C11H17BrN2O/c1-3-14(9-5-7-12)11-10(15-2)6-4-8-13-11/h4,6,8H,3,5,7,9H2,1-2H3. The highest BCUT2D eigenvalue weighted by atomic mass is 79.9. The molecule has 1 aromatic rings. The number of anilines is 1. The van der Waals surface area contributed by atoms with Crippen LogP contribution in [0.4, 0.5) is 5.82 Å². The Morgan fingerprint density at radius 2 is 2.33 bits per heavy atom. The van der Waals surface area contributed by atoms with E-state index in [1.807, 2.05) is 12.1 Å². The van der Waals surface area contributed by atoms with E-state index in [2.05, 4.69) is 32.7 Å². The van der Waals surface area contributed by atoms with Gasteiger partial charge in [0.2, 0.25) is 0 Å². The summed E-state index contributed by atoms with van der Waals surface area (Å²) in [6.45, 7) is 4.07. The highest BCUT2D eigenvalue weighted by Gasteiger charge is 2.10. The SMILES string of the molecule is CCN(CCCBr)c1ncccc1OC. The summed E-state index contributed by atoms with van der Waals surface area (Å²) in [6, 6.07) is 3.83. The Labute approximate surface area is 99.6 Å². The molecule has 0 aliphatic carbocycles. The molecular formula is C11H17BrN2O. The zero-order valence-corrected chi connectivity index (χ0v) is 10.8. The summed E-state index contributed by atoms with van der Waals surface area (Å²) >= 11 is 3.44. The highest BCUT2D eigenvalue weighted by molar-refractivity contribution is 9.09. The smallest absolute Gasteiger partial charge is 0.171 e. The number of aromatic nitrogens is 1. The van der Waals surface area contributed by atoms with Gasteiger partial charge in [-0.3, -0.25) is 0 Å². The molecule has 1 rings (SSSR count). The van der Waals surface area contributed by atoms with Crippen LogP contribution in [0.3, 0.4) is 0 Å². The minimum Gasteiger partial charge on any atom is -0.493 e. The van der Waals surface area contributed by atoms with Crippen molar-refractivity contribution in [2.24, 2.45) is 0 Å². The van der Waals surface area contributed by atoms with Crippen LogP contribution in [-0.2, 0) is 0 Å². The average Bonchev–Trinajstić information content (AvgIpc) is 2.30. The van der Waals surface area contributed by atoms with E-state index < -0.39 is 0 Å². The molecule has 0 N–H and O–H groups in total. The number of methoxy groups -OCH3 is 1. The van der Waals surface area contributed by atoms with Gasteiger partial charge in [0.05, 0.1) is 7.11 Å². The monoisotopic (exact) mass is 272 g/mol. The predicted molar refractivity (Wildman–Crippen MR) is 67.1 cm³/mol. The first-order valence-corrected chi connectivity index (χ1v) is 6.25. The van der Waals surface area contributed by atoms with Crippen LogP contribution in [0.2, 0.25) is 0 Å². The topological polar surface area (TPSA) is 25.4 Å². The first-order chi connectivity index (χ1) is 7.33. The van der Waals surface area contributed by atoms with E-state index in [1.54, 1.807) is 13.3 Å². The van der Waals surface area contributed by atoms with Crippen LogP contribution in [0.25, 0.3) is 0 Å². The zero-order valence-electron chi connectivity index (χ0n) is 9.24. The van der Waals surface area contributed by atoms with Gasteiger partial charge < -0.3 is 9.64 Å². The van der Waals surface area contributed by atoms with Gasteiger partial charge in [0.25, 0.3) is 0 Å². The normalized spacial score (nSPS) is 10.1. The van der Waals surface area contributed by atoms with Crippen LogP contribution in [0.1, 0.15) is 13.3 Å². The maximum atomic E-state index is 5.29. The van der Waals surface area contributed by atoms with E-state index in [4.69, 9.17) is 4.74 Å². The molecule has 0 spiro atoms. The van der Waals surface area contributed by atoms with Gasteiger partial charge in [0.1, 0.15) is 0 Å². The van der Waals surface area contributed by atoms with Crippen molar-refractivity contribution in [1.82, 2.24) is 4.98 Å². The van der Waals surface area contributed by atoms with Crippen molar-refractivity contribution in [3.8, 4) is 5.75 Å². The first kappa shape index (κ1) is 12.3.